The van der Waals surface area contributed by atoms with Gasteiger partial charge in [0, 0.05) is 19.8 Å². The van der Waals surface area contributed by atoms with E-state index in [-0.39, 0.29) is 0 Å². The second kappa shape index (κ2) is 6.60. The zero-order valence-corrected chi connectivity index (χ0v) is 14.8. The Bertz CT molecular complexity index is 405. The first-order chi connectivity index (χ1) is 8.58. The number of rotatable bonds is 3. The van der Waals surface area contributed by atoms with Gasteiger partial charge in [0.05, 0.1) is 0 Å². The Morgan fingerprint density at radius 1 is 1.28 bits per heavy atom. The molecule has 1 N–H and O–H groups in total. The number of anilines is 1. The van der Waals surface area contributed by atoms with Gasteiger partial charge in [0.2, 0.25) is 0 Å². The van der Waals surface area contributed by atoms with Crippen LogP contribution in [0.3, 0.4) is 0 Å². The fourth-order valence-corrected chi connectivity index (χ4v) is 3.70. The molecule has 1 fully saturated rings. The van der Waals surface area contributed by atoms with E-state index in [2.05, 4.69) is 75.9 Å². The van der Waals surface area contributed by atoms with Gasteiger partial charge < -0.3 is 5.32 Å². The van der Waals surface area contributed by atoms with Gasteiger partial charge in [-0.3, -0.25) is 0 Å². The lowest BCUT2D eigenvalue weighted by atomic mass is 9.78. The molecule has 0 radical (unpaired) electrons. The van der Waals surface area contributed by atoms with Crippen LogP contribution in [-0.2, 0) is 0 Å². The van der Waals surface area contributed by atoms with Crippen molar-refractivity contribution in [2.24, 2.45) is 11.8 Å². The van der Waals surface area contributed by atoms with Gasteiger partial charge in [-0.1, -0.05) is 26.7 Å². The summed E-state index contributed by atoms with van der Waals surface area (Å²) in [7, 11) is 0. The monoisotopic (exact) mass is 421 g/mol. The van der Waals surface area contributed by atoms with Crippen molar-refractivity contribution in [3.05, 3.63) is 26.2 Å². The summed E-state index contributed by atoms with van der Waals surface area (Å²) in [6.45, 7) is 4.71. The predicted molar refractivity (Wildman–Crippen MR) is 91.1 cm³/mol. The summed E-state index contributed by atoms with van der Waals surface area (Å²) >= 11 is 5.93. The Balaban J connectivity index is 2.08. The molecule has 2 rings (SSSR count). The fraction of sp³-hybridized carbons (Fsp3) is 0.600. The Kier molecular flexibility index (Phi) is 5.36. The van der Waals surface area contributed by atoms with Gasteiger partial charge in [0.25, 0.3) is 0 Å². The molecule has 0 aromatic heterocycles. The smallest absolute Gasteiger partial charge is 0.0353 e. The van der Waals surface area contributed by atoms with E-state index in [1.165, 1.54) is 39.4 Å². The van der Waals surface area contributed by atoms with E-state index in [4.69, 9.17) is 0 Å². The van der Waals surface area contributed by atoms with E-state index < -0.39 is 0 Å². The number of hydrogen-bond donors (Lipinski definition) is 1. The maximum absolute atomic E-state index is 3.75. The zero-order chi connectivity index (χ0) is 13.1. The average molecular weight is 422 g/mol. The van der Waals surface area contributed by atoms with E-state index in [1.54, 1.807) is 0 Å². The highest BCUT2D eigenvalue weighted by molar-refractivity contribution is 14.1. The lowest BCUT2D eigenvalue weighted by Crippen LogP contribution is -2.35. The van der Waals surface area contributed by atoms with E-state index in [0.29, 0.717) is 6.04 Å². The normalized spacial score (nSPS) is 24.3. The number of benzene rings is 1. The third-order valence-electron chi connectivity index (χ3n) is 3.95. The standard InChI is InChI=1S/C15H21BrIN/c1-10(2)12-5-3-4-6-15(12)18-11-7-8-13(16)14(17)9-11/h7-10,12,15,18H,3-6H2,1-2H3. The Morgan fingerprint density at radius 3 is 2.67 bits per heavy atom. The van der Waals surface area contributed by atoms with Gasteiger partial charge in [-0.2, -0.15) is 0 Å². The second-order valence-electron chi connectivity index (χ2n) is 5.57. The van der Waals surface area contributed by atoms with E-state index in [0.717, 1.165) is 11.8 Å². The van der Waals surface area contributed by atoms with Crippen LogP contribution in [0, 0.1) is 15.4 Å². The summed E-state index contributed by atoms with van der Waals surface area (Å²) in [6, 6.07) is 7.20. The topological polar surface area (TPSA) is 12.0 Å². The summed E-state index contributed by atoms with van der Waals surface area (Å²) in [4.78, 5) is 0. The van der Waals surface area contributed by atoms with Crippen LogP contribution in [0.4, 0.5) is 5.69 Å². The van der Waals surface area contributed by atoms with Crippen LogP contribution < -0.4 is 5.32 Å². The van der Waals surface area contributed by atoms with E-state index >= 15 is 0 Å². The highest BCUT2D eigenvalue weighted by Crippen LogP contribution is 2.33. The molecule has 0 heterocycles. The third-order valence-corrected chi connectivity index (χ3v) is 6.27. The molecule has 0 aliphatic heterocycles. The summed E-state index contributed by atoms with van der Waals surface area (Å²) in [6.07, 6.45) is 5.46. The lowest BCUT2D eigenvalue weighted by Gasteiger charge is -2.35. The van der Waals surface area contributed by atoms with E-state index in [1.807, 2.05) is 0 Å². The van der Waals surface area contributed by atoms with Crippen LogP contribution in [-0.4, -0.2) is 6.04 Å². The molecule has 0 bridgehead atoms. The predicted octanol–water partition coefficient (Wildman–Crippen LogP) is 5.68. The number of hydrogen-bond acceptors (Lipinski definition) is 1. The molecule has 100 valence electrons. The number of nitrogens with one attached hydrogen (secondary N) is 1. The van der Waals surface area contributed by atoms with E-state index in [9.17, 15) is 0 Å². The van der Waals surface area contributed by atoms with Crippen LogP contribution in [0.5, 0.6) is 0 Å². The highest BCUT2D eigenvalue weighted by Gasteiger charge is 2.27. The van der Waals surface area contributed by atoms with Crippen LogP contribution in [0.1, 0.15) is 39.5 Å². The summed E-state index contributed by atoms with van der Waals surface area (Å²) in [5.74, 6) is 1.59. The molecule has 18 heavy (non-hydrogen) atoms. The lowest BCUT2D eigenvalue weighted by molar-refractivity contribution is 0.254. The maximum Gasteiger partial charge on any atom is 0.0353 e. The van der Waals surface area contributed by atoms with Crippen molar-refractivity contribution in [3.63, 3.8) is 0 Å². The van der Waals surface area contributed by atoms with Crippen LogP contribution in [0.25, 0.3) is 0 Å². The molecular weight excluding hydrogens is 401 g/mol. The Hall–Kier alpha value is 0.230. The van der Waals surface area contributed by atoms with Crippen molar-refractivity contribution < 1.29 is 0 Å². The molecule has 1 aromatic carbocycles. The average Bonchev–Trinajstić information content (AvgIpc) is 2.34. The van der Waals surface area contributed by atoms with Crippen molar-refractivity contribution in [2.75, 3.05) is 5.32 Å². The minimum absolute atomic E-state index is 0.649. The van der Waals surface area contributed by atoms with Gasteiger partial charge in [0.15, 0.2) is 0 Å². The van der Waals surface area contributed by atoms with Crippen LogP contribution in [0.15, 0.2) is 22.7 Å². The molecule has 2 unspecified atom stereocenters. The largest absolute Gasteiger partial charge is 0.382 e. The summed E-state index contributed by atoms with van der Waals surface area (Å²) < 4.78 is 2.45. The van der Waals surface area contributed by atoms with Gasteiger partial charge in [-0.05, 0) is 81.4 Å². The van der Waals surface area contributed by atoms with Gasteiger partial charge in [-0.15, -0.1) is 0 Å². The van der Waals surface area contributed by atoms with Crippen molar-refractivity contribution in [1.82, 2.24) is 0 Å². The first-order valence-electron chi connectivity index (χ1n) is 6.79. The number of halogens is 2. The molecule has 1 aliphatic rings. The molecule has 1 nitrogen and oxygen atoms in total. The molecule has 0 spiro atoms. The molecule has 0 saturated heterocycles. The molecule has 1 saturated carbocycles. The first kappa shape index (κ1) is 14.6. The summed E-state index contributed by atoms with van der Waals surface area (Å²) in [5.41, 5.74) is 1.26. The van der Waals surface area contributed by atoms with Gasteiger partial charge >= 0.3 is 0 Å². The molecule has 1 aromatic rings. The fourth-order valence-electron chi connectivity index (χ4n) is 2.94. The highest BCUT2D eigenvalue weighted by atomic mass is 127. The second-order valence-corrected chi connectivity index (χ2v) is 7.59. The van der Waals surface area contributed by atoms with Crippen LogP contribution in [0.2, 0.25) is 0 Å². The molecule has 1 aliphatic carbocycles. The quantitative estimate of drug-likeness (QED) is 0.619. The molecule has 3 heteroatoms. The molecule has 0 amide bonds. The van der Waals surface area contributed by atoms with Crippen molar-refractivity contribution in [1.29, 1.82) is 0 Å². The maximum atomic E-state index is 3.75. The first-order valence-corrected chi connectivity index (χ1v) is 8.66. The minimum Gasteiger partial charge on any atom is -0.382 e. The van der Waals surface area contributed by atoms with Crippen molar-refractivity contribution >= 4 is 44.2 Å². The summed E-state index contributed by atoms with van der Waals surface area (Å²) in [5, 5.41) is 3.75. The van der Waals surface area contributed by atoms with Crippen LogP contribution >= 0.6 is 38.5 Å². The Morgan fingerprint density at radius 2 is 2.00 bits per heavy atom. The van der Waals surface area contributed by atoms with Crippen molar-refractivity contribution in [2.45, 2.75) is 45.6 Å². The zero-order valence-electron chi connectivity index (χ0n) is 11.0. The van der Waals surface area contributed by atoms with Gasteiger partial charge in [0.1, 0.15) is 0 Å². The minimum atomic E-state index is 0.649. The van der Waals surface area contributed by atoms with Gasteiger partial charge in [-0.25, -0.2) is 0 Å². The third kappa shape index (κ3) is 3.62. The molecular formula is C15H21BrIN. The SMILES string of the molecule is CC(C)C1CCCCC1Nc1ccc(Br)c(I)c1. The molecule has 2 atom stereocenters. The Labute approximate surface area is 132 Å². The van der Waals surface area contributed by atoms with Crippen molar-refractivity contribution in [3.8, 4) is 0 Å².